The van der Waals surface area contributed by atoms with E-state index < -0.39 is 0 Å². The zero-order valence-corrected chi connectivity index (χ0v) is 16.8. The van der Waals surface area contributed by atoms with Crippen LogP contribution < -0.4 is 19.7 Å². The molecule has 0 radical (unpaired) electrons. The lowest BCUT2D eigenvalue weighted by atomic mass is 10.1. The van der Waals surface area contributed by atoms with Gasteiger partial charge in [-0.1, -0.05) is 18.2 Å². The number of nitrogens with one attached hydrogen (secondary N) is 1. The molecule has 0 bridgehead atoms. The van der Waals surface area contributed by atoms with Gasteiger partial charge in [-0.15, -0.1) is 11.8 Å². The highest BCUT2D eigenvalue weighted by Gasteiger charge is 2.35. The molecule has 1 fully saturated rings. The van der Waals surface area contributed by atoms with Crippen LogP contribution in [0, 0.1) is 5.92 Å². The second-order valence-corrected chi connectivity index (χ2v) is 7.28. The highest BCUT2D eigenvalue weighted by Crippen LogP contribution is 2.28. The van der Waals surface area contributed by atoms with Crippen molar-refractivity contribution in [3.05, 3.63) is 48.5 Å². The number of benzene rings is 2. The number of hydrogen-bond acceptors (Lipinski definition) is 5. The van der Waals surface area contributed by atoms with Crippen LogP contribution in [0.15, 0.2) is 53.4 Å². The number of amides is 2. The van der Waals surface area contributed by atoms with Crippen LogP contribution in [0.25, 0.3) is 0 Å². The summed E-state index contributed by atoms with van der Waals surface area (Å²) in [6.07, 6.45) is 2.22. The lowest BCUT2D eigenvalue weighted by molar-refractivity contribution is -0.126. The fourth-order valence-corrected chi connectivity index (χ4v) is 3.58. The molecule has 28 heavy (non-hydrogen) atoms. The first kappa shape index (κ1) is 20.1. The molecule has 0 aliphatic carbocycles. The van der Waals surface area contributed by atoms with Crippen LogP contribution >= 0.6 is 11.8 Å². The minimum atomic E-state index is -0.350. The van der Waals surface area contributed by atoms with Crippen molar-refractivity contribution in [1.29, 1.82) is 0 Å². The van der Waals surface area contributed by atoms with Gasteiger partial charge >= 0.3 is 0 Å². The third-order valence-electron chi connectivity index (χ3n) is 4.59. The molecule has 1 aliphatic rings. The Morgan fingerprint density at radius 3 is 2.75 bits per heavy atom. The maximum absolute atomic E-state index is 12.5. The fourth-order valence-electron chi connectivity index (χ4n) is 3.13. The van der Waals surface area contributed by atoms with Gasteiger partial charge in [0.25, 0.3) is 0 Å². The van der Waals surface area contributed by atoms with Crippen LogP contribution in [-0.2, 0) is 9.59 Å². The third kappa shape index (κ3) is 4.78. The number of nitrogens with zero attached hydrogens (tertiary/aromatic N) is 1. The number of hydrogen-bond donors (Lipinski definition) is 1. The molecule has 2 aromatic carbocycles. The minimum absolute atomic E-state index is 0.0244. The van der Waals surface area contributed by atoms with Gasteiger partial charge in [-0.25, -0.2) is 0 Å². The van der Waals surface area contributed by atoms with Crippen molar-refractivity contribution in [3.63, 3.8) is 0 Å². The van der Waals surface area contributed by atoms with Crippen molar-refractivity contribution in [2.24, 2.45) is 5.92 Å². The summed E-state index contributed by atoms with van der Waals surface area (Å²) in [4.78, 5) is 27.6. The second-order valence-electron chi connectivity index (χ2n) is 6.40. The molecule has 0 unspecified atom stereocenters. The first-order valence-corrected chi connectivity index (χ1v) is 10.3. The van der Waals surface area contributed by atoms with Crippen LogP contribution in [-0.4, -0.2) is 44.9 Å². The Hall–Kier alpha value is -2.67. The number of carbonyl (C=O) groups is 2. The van der Waals surface area contributed by atoms with Crippen LogP contribution in [0.3, 0.4) is 0 Å². The smallest absolute Gasteiger partial charge is 0.227 e. The molecule has 7 heteroatoms. The molecule has 0 saturated carbocycles. The monoisotopic (exact) mass is 400 g/mol. The number of thioether (sulfide) groups is 1. The van der Waals surface area contributed by atoms with Crippen molar-refractivity contribution >= 4 is 29.3 Å². The molecule has 148 valence electrons. The molecular formula is C21H24N2O4S. The Balaban J connectivity index is 1.49. The van der Waals surface area contributed by atoms with E-state index in [1.54, 1.807) is 23.8 Å². The van der Waals surface area contributed by atoms with E-state index in [4.69, 9.17) is 9.47 Å². The van der Waals surface area contributed by atoms with Gasteiger partial charge in [0.1, 0.15) is 6.61 Å². The topological polar surface area (TPSA) is 67.9 Å². The first-order chi connectivity index (χ1) is 13.6. The van der Waals surface area contributed by atoms with Gasteiger partial charge in [-0.05, 0) is 36.6 Å². The van der Waals surface area contributed by atoms with E-state index in [0.717, 1.165) is 10.6 Å². The summed E-state index contributed by atoms with van der Waals surface area (Å²) in [5.41, 5.74) is 0.839. The van der Waals surface area contributed by atoms with E-state index in [1.165, 1.54) is 0 Å². The molecular weight excluding hydrogens is 376 g/mol. The Labute approximate surface area is 169 Å². The summed E-state index contributed by atoms with van der Waals surface area (Å²) in [7, 11) is 1.59. The van der Waals surface area contributed by atoms with Crippen molar-refractivity contribution in [1.82, 2.24) is 5.32 Å². The van der Waals surface area contributed by atoms with E-state index in [1.807, 2.05) is 54.8 Å². The molecule has 1 aliphatic heterocycles. The summed E-state index contributed by atoms with van der Waals surface area (Å²) >= 11 is 1.62. The van der Waals surface area contributed by atoms with Crippen LogP contribution in [0.1, 0.15) is 6.42 Å². The summed E-state index contributed by atoms with van der Waals surface area (Å²) in [6.45, 7) is 1.09. The molecule has 0 aromatic heterocycles. The zero-order valence-electron chi connectivity index (χ0n) is 16.0. The van der Waals surface area contributed by atoms with Gasteiger partial charge in [0, 0.05) is 23.5 Å². The number of methoxy groups -OCH3 is 1. The Bertz CT molecular complexity index is 843. The van der Waals surface area contributed by atoms with Gasteiger partial charge in [0.05, 0.1) is 19.6 Å². The summed E-state index contributed by atoms with van der Waals surface area (Å²) in [5, 5.41) is 2.86. The van der Waals surface area contributed by atoms with Crippen molar-refractivity contribution in [2.75, 3.05) is 38.0 Å². The predicted octanol–water partition coefficient (Wildman–Crippen LogP) is 2.97. The summed E-state index contributed by atoms with van der Waals surface area (Å²) < 4.78 is 10.9. The largest absolute Gasteiger partial charge is 0.493 e. The van der Waals surface area contributed by atoms with Crippen LogP contribution in [0.5, 0.6) is 11.5 Å². The molecule has 0 spiro atoms. The SMILES string of the molecule is COc1ccccc1OCCNC(=O)[C@@H]1CC(=O)N(c2cccc(SC)c2)C1. The molecule has 1 N–H and O–H groups in total. The minimum Gasteiger partial charge on any atom is -0.493 e. The predicted molar refractivity (Wildman–Crippen MR) is 110 cm³/mol. The molecule has 2 amide bonds. The van der Waals surface area contributed by atoms with Crippen LogP contribution in [0.4, 0.5) is 5.69 Å². The number of ether oxygens (including phenoxy) is 2. The van der Waals surface area contributed by atoms with Gasteiger partial charge in [-0.2, -0.15) is 0 Å². The Morgan fingerprint density at radius 2 is 2.00 bits per heavy atom. The average Bonchev–Trinajstić information content (AvgIpc) is 3.13. The van der Waals surface area contributed by atoms with Crippen molar-refractivity contribution in [3.8, 4) is 11.5 Å². The van der Waals surface area contributed by atoms with Crippen LogP contribution in [0.2, 0.25) is 0 Å². The van der Waals surface area contributed by atoms with Gasteiger partial charge in [0.15, 0.2) is 11.5 Å². The first-order valence-electron chi connectivity index (χ1n) is 9.10. The number of anilines is 1. The maximum Gasteiger partial charge on any atom is 0.227 e. The number of carbonyl (C=O) groups excluding carboxylic acids is 2. The highest BCUT2D eigenvalue weighted by molar-refractivity contribution is 7.98. The van der Waals surface area contributed by atoms with E-state index >= 15 is 0 Å². The molecule has 1 saturated heterocycles. The second kappa shape index (κ2) is 9.50. The quantitative estimate of drug-likeness (QED) is 0.545. The fraction of sp³-hybridized carbons (Fsp3) is 0.333. The lowest BCUT2D eigenvalue weighted by Crippen LogP contribution is -2.35. The lowest BCUT2D eigenvalue weighted by Gasteiger charge is -2.17. The molecule has 6 nitrogen and oxygen atoms in total. The zero-order chi connectivity index (χ0) is 19.9. The van der Waals surface area contributed by atoms with E-state index in [0.29, 0.717) is 31.2 Å². The molecule has 1 heterocycles. The van der Waals surface area contributed by atoms with Gasteiger partial charge < -0.3 is 19.7 Å². The molecule has 1 atom stereocenters. The number of rotatable bonds is 8. The normalized spacial score (nSPS) is 16.1. The van der Waals surface area contributed by atoms with Crippen molar-refractivity contribution < 1.29 is 19.1 Å². The standard InChI is InChI=1S/C21H24N2O4S/c1-26-18-8-3-4-9-19(18)27-11-10-22-21(25)15-12-20(24)23(14-15)16-6-5-7-17(13-16)28-2/h3-9,13,15H,10-12,14H2,1-2H3,(H,22,25)/t15-/m1/s1. The molecule has 2 aromatic rings. The van der Waals surface area contributed by atoms with E-state index in [2.05, 4.69) is 5.32 Å². The van der Waals surface area contributed by atoms with Crippen molar-refractivity contribution in [2.45, 2.75) is 11.3 Å². The van der Waals surface area contributed by atoms with E-state index in [-0.39, 0.29) is 24.2 Å². The average molecular weight is 401 g/mol. The van der Waals surface area contributed by atoms with Gasteiger partial charge in [0.2, 0.25) is 11.8 Å². The highest BCUT2D eigenvalue weighted by atomic mass is 32.2. The number of para-hydroxylation sites is 2. The Morgan fingerprint density at radius 1 is 1.21 bits per heavy atom. The molecule has 3 rings (SSSR count). The summed E-state index contributed by atoms with van der Waals surface area (Å²) in [5.74, 6) is 0.786. The third-order valence-corrected chi connectivity index (χ3v) is 5.31. The Kier molecular flexibility index (Phi) is 6.81. The van der Waals surface area contributed by atoms with E-state index in [9.17, 15) is 9.59 Å². The maximum atomic E-state index is 12.5. The van der Waals surface area contributed by atoms with Gasteiger partial charge in [-0.3, -0.25) is 9.59 Å². The summed E-state index contributed by atoms with van der Waals surface area (Å²) in [6, 6.07) is 15.2.